The fourth-order valence-electron chi connectivity index (χ4n) is 0.806. The molecule has 0 bridgehead atoms. The molecular weight excluding hydrogens is 233 g/mol. The standard InChI is InChI=1S/C8H10S.C4H10.3FH/c1-6-4-3-5-7(2)8(6)9;1-4(2)3;;;/h3-5,9H,1-2H3;4H,1-3H3;3*1H. The molecule has 0 nitrogen and oxygen atoms in total. The van der Waals surface area contributed by atoms with Gasteiger partial charge in [-0.2, -0.15) is 0 Å². The topological polar surface area (TPSA) is 0 Å². The smallest absolute Gasteiger partial charge is 0.00985 e. The Bertz CT molecular complexity index is 239. The zero-order valence-electron chi connectivity index (χ0n) is 10.5. The Morgan fingerprint density at radius 3 is 1.31 bits per heavy atom. The van der Waals surface area contributed by atoms with E-state index >= 15 is 0 Å². The second-order valence-electron chi connectivity index (χ2n) is 3.97. The summed E-state index contributed by atoms with van der Waals surface area (Å²) < 4.78 is 0. The first-order valence-corrected chi connectivity index (χ1v) is 5.15. The number of hydrogen-bond acceptors (Lipinski definition) is 1. The molecule has 0 aliphatic rings. The average molecular weight is 256 g/mol. The van der Waals surface area contributed by atoms with Gasteiger partial charge >= 0.3 is 0 Å². The molecule has 0 spiro atoms. The van der Waals surface area contributed by atoms with Gasteiger partial charge in [0.05, 0.1) is 0 Å². The minimum Gasteiger partial charge on any atom is -0.269 e. The fourth-order valence-corrected chi connectivity index (χ4v) is 0.955. The van der Waals surface area contributed by atoms with Crippen molar-refractivity contribution in [1.29, 1.82) is 0 Å². The summed E-state index contributed by atoms with van der Waals surface area (Å²) in [4.78, 5) is 1.11. The van der Waals surface area contributed by atoms with Crippen LogP contribution in [0.3, 0.4) is 0 Å². The van der Waals surface area contributed by atoms with Gasteiger partial charge in [0.1, 0.15) is 0 Å². The Morgan fingerprint density at radius 1 is 0.875 bits per heavy atom. The first-order valence-electron chi connectivity index (χ1n) is 4.70. The lowest BCUT2D eigenvalue weighted by molar-refractivity contribution is 0.737. The van der Waals surface area contributed by atoms with E-state index in [4.69, 9.17) is 0 Å². The van der Waals surface area contributed by atoms with E-state index in [-0.39, 0.29) is 14.1 Å². The molecule has 0 fully saturated rings. The van der Waals surface area contributed by atoms with Gasteiger partial charge in [-0.05, 0) is 30.9 Å². The van der Waals surface area contributed by atoms with Crippen molar-refractivity contribution in [3.63, 3.8) is 0 Å². The van der Waals surface area contributed by atoms with Crippen LogP contribution < -0.4 is 0 Å². The Hall–Kier alpha value is -0.640. The molecule has 16 heavy (non-hydrogen) atoms. The van der Waals surface area contributed by atoms with Crippen molar-refractivity contribution in [3.05, 3.63) is 29.3 Å². The summed E-state index contributed by atoms with van der Waals surface area (Å²) in [6, 6.07) is 6.18. The van der Waals surface area contributed by atoms with Crippen molar-refractivity contribution in [2.45, 2.75) is 39.5 Å². The van der Waals surface area contributed by atoms with Crippen molar-refractivity contribution < 1.29 is 14.1 Å². The van der Waals surface area contributed by atoms with Gasteiger partial charge in [-0.15, -0.1) is 12.6 Å². The van der Waals surface area contributed by atoms with Crippen molar-refractivity contribution in [2.24, 2.45) is 5.92 Å². The second kappa shape index (κ2) is 12.4. The van der Waals surface area contributed by atoms with Crippen LogP contribution in [0.5, 0.6) is 0 Å². The number of aryl methyl sites for hydroxylation is 2. The van der Waals surface area contributed by atoms with E-state index < -0.39 is 0 Å². The van der Waals surface area contributed by atoms with Crippen LogP contribution in [0.4, 0.5) is 14.1 Å². The van der Waals surface area contributed by atoms with Gasteiger partial charge in [0, 0.05) is 4.90 Å². The summed E-state index contributed by atoms with van der Waals surface area (Å²) >= 11 is 4.31. The zero-order chi connectivity index (χ0) is 10.4. The van der Waals surface area contributed by atoms with Crippen molar-refractivity contribution in [2.75, 3.05) is 0 Å². The monoisotopic (exact) mass is 256 g/mol. The van der Waals surface area contributed by atoms with Crippen molar-refractivity contribution >= 4 is 12.6 Å². The predicted octanol–water partition coefficient (Wildman–Crippen LogP) is 4.71. The van der Waals surface area contributed by atoms with E-state index in [1.807, 2.05) is 6.07 Å². The van der Waals surface area contributed by atoms with E-state index in [1.54, 1.807) is 0 Å². The van der Waals surface area contributed by atoms with Crippen LogP contribution in [0.15, 0.2) is 23.1 Å². The Morgan fingerprint density at radius 2 is 1.12 bits per heavy atom. The molecular formula is C12H23F3S. The maximum absolute atomic E-state index is 4.31. The molecule has 0 aliphatic heterocycles. The summed E-state index contributed by atoms with van der Waals surface area (Å²) in [5.41, 5.74) is 2.50. The molecule has 0 unspecified atom stereocenters. The fraction of sp³-hybridized carbons (Fsp3) is 0.500. The van der Waals surface area contributed by atoms with Gasteiger partial charge < -0.3 is 0 Å². The molecule has 0 atom stereocenters. The number of rotatable bonds is 0. The number of hydrogen-bond donors (Lipinski definition) is 1. The third-order valence-electron chi connectivity index (χ3n) is 1.44. The maximum atomic E-state index is 4.31. The highest BCUT2D eigenvalue weighted by atomic mass is 32.1. The number of halogens is 3. The van der Waals surface area contributed by atoms with E-state index in [0.717, 1.165) is 10.8 Å². The highest BCUT2D eigenvalue weighted by Crippen LogP contribution is 2.16. The molecule has 1 aromatic rings. The molecule has 0 saturated carbocycles. The molecule has 0 aliphatic carbocycles. The molecule has 0 saturated heterocycles. The van der Waals surface area contributed by atoms with Crippen LogP contribution in [-0.2, 0) is 0 Å². The third-order valence-corrected chi connectivity index (χ3v) is 2.14. The van der Waals surface area contributed by atoms with Crippen molar-refractivity contribution in [3.8, 4) is 0 Å². The molecule has 1 aromatic carbocycles. The second-order valence-corrected chi connectivity index (χ2v) is 4.42. The van der Waals surface area contributed by atoms with Crippen LogP contribution in [0.25, 0.3) is 0 Å². The quantitative estimate of drug-likeness (QED) is 0.638. The highest BCUT2D eigenvalue weighted by Gasteiger charge is 1.92. The molecule has 98 valence electrons. The van der Waals surface area contributed by atoms with Crippen LogP contribution in [0.1, 0.15) is 31.9 Å². The Balaban J connectivity index is -0.0000000921. The summed E-state index contributed by atoms with van der Waals surface area (Å²) in [5.74, 6) is 0.833. The number of benzene rings is 1. The minimum atomic E-state index is 0. The summed E-state index contributed by atoms with van der Waals surface area (Å²) in [7, 11) is 0. The number of thiol groups is 1. The van der Waals surface area contributed by atoms with Gasteiger partial charge in [0.2, 0.25) is 0 Å². The van der Waals surface area contributed by atoms with Gasteiger partial charge in [-0.25, -0.2) is 0 Å². The van der Waals surface area contributed by atoms with Crippen LogP contribution >= 0.6 is 12.6 Å². The predicted molar refractivity (Wildman–Crippen MR) is 71.2 cm³/mol. The lowest BCUT2D eigenvalue weighted by atomic mass is 10.2. The zero-order valence-corrected chi connectivity index (χ0v) is 11.4. The van der Waals surface area contributed by atoms with E-state index in [2.05, 4.69) is 59.4 Å². The van der Waals surface area contributed by atoms with Gasteiger partial charge in [-0.3, -0.25) is 14.1 Å². The maximum Gasteiger partial charge on any atom is 0.00985 e. The molecule has 0 aromatic heterocycles. The van der Waals surface area contributed by atoms with Gasteiger partial charge in [0.25, 0.3) is 0 Å². The molecule has 0 radical (unpaired) electrons. The summed E-state index contributed by atoms with van der Waals surface area (Å²) in [5, 5.41) is 0. The third kappa shape index (κ3) is 11.4. The molecule has 1 rings (SSSR count). The van der Waals surface area contributed by atoms with Crippen LogP contribution in [-0.4, -0.2) is 0 Å². The Labute approximate surface area is 102 Å². The first kappa shape index (κ1) is 24.5. The van der Waals surface area contributed by atoms with E-state index in [0.29, 0.717) is 0 Å². The summed E-state index contributed by atoms with van der Waals surface area (Å²) in [6.07, 6.45) is 0. The first-order chi connectivity index (χ1) is 5.95. The van der Waals surface area contributed by atoms with Crippen LogP contribution in [0, 0.1) is 19.8 Å². The molecule has 0 amide bonds. The SMILES string of the molecule is CC(C)C.Cc1cccc(C)c1S.F.F.F. The van der Waals surface area contributed by atoms with Crippen LogP contribution in [0.2, 0.25) is 0 Å². The van der Waals surface area contributed by atoms with E-state index in [9.17, 15) is 0 Å². The molecule has 0 N–H and O–H groups in total. The minimum absolute atomic E-state index is 0. The van der Waals surface area contributed by atoms with Crippen molar-refractivity contribution in [1.82, 2.24) is 0 Å². The summed E-state index contributed by atoms with van der Waals surface area (Å²) in [6.45, 7) is 10.6. The molecule has 0 heterocycles. The normalized spacial score (nSPS) is 7.69. The van der Waals surface area contributed by atoms with Gasteiger partial charge in [-0.1, -0.05) is 39.0 Å². The van der Waals surface area contributed by atoms with Gasteiger partial charge in [0.15, 0.2) is 0 Å². The lowest BCUT2D eigenvalue weighted by Crippen LogP contribution is -1.78. The largest absolute Gasteiger partial charge is 0.269 e. The lowest BCUT2D eigenvalue weighted by Gasteiger charge is -1.99. The highest BCUT2D eigenvalue weighted by molar-refractivity contribution is 7.80. The average Bonchev–Trinajstić information content (AvgIpc) is 1.99. The van der Waals surface area contributed by atoms with E-state index in [1.165, 1.54) is 11.1 Å². The Kier molecular flexibility index (Phi) is 19.1. The molecule has 4 heteroatoms.